The van der Waals surface area contributed by atoms with Gasteiger partial charge in [-0.05, 0) is 56.6 Å². The van der Waals surface area contributed by atoms with Crippen LogP contribution in [0.1, 0.15) is 33.3 Å². The maximum Gasteiger partial charge on any atom is 0.172 e. The normalized spacial score (nSPS) is 17.1. The predicted molar refractivity (Wildman–Crippen MR) is 110 cm³/mol. The van der Waals surface area contributed by atoms with Crippen LogP contribution in [0.25, 0.3) is 5.57 Å². The molecule has 1 aromatic carbocycles. The van der Waals surface area contributed by atoms with Crippen molar-refractivity contribution < 1.29 is 4.74 Å². The Bertz CT molecular complexity index is 1120. The minimum Gasteiger partial charge on any atom is -0.480 e. The van der Waals surface area contributed by atoms with E-state index >= 15 is 0 Å². The molecule has 0 bridgehead atoms. The second-order valence-corrected chi connectivity index (χ2v) is 7.38. The number of hydrogen-bond donors (Lipinski definition) is 1. The first kappa shape index (κ1) is 19.7. The van der Waals surface area contributed by atoms with Crippen molar-refractivity contribution >= 4 is 5.57 Å². The van der Waals surface area contributed by atoms with E-state index in [1.54, 1.807) is 0 Å². The van der Waals surface area contributed by atoms with E-state index in [2.05, 4.69) is 11.4 Å². The molecule has 0 saturated heterocycles. The molecule has 0 saturated carbocycles. The average Bonchev–Trinajstić information content (AvgIpc) is 2.94. The van der Waals surface area contributed by atoms with Crippen LogP contribution in [0.2, 0.25) is 0 Å². The minimum absolute atomic E-state index is 0.0434. The number of ether oxygens (including phenoxy) is 1. The largest absolute Gasteiger partial charge is 0.480 e. The Labute approximate surface area is 170 Å². The smallest absolute Gasteiger partial charge is 0.172 e. The van der Waals surface area contributed by atoms with E-state index < -0.39 is 5.60 Å². The van der Waals surface area contributed by atoms with Crippen LogP contribution in [0.5, 0.6) is 0 Å². The van der Waals surface area contributed by atoms with Gasteiger partial charge in [-0.1, -0.05) is 30.3 Å². The van der Waals surface area contributed by atoms with Crippen LogP contribution in [0.4, 0.5) is 0 Å². The number of hydrogen-bond acceptors (Lipinski definition) is 5. The molecule has 1 aromatic rings. The molecular formula is C24H20N4O. The lowest BCUT2D eigenvalue weighted by atomic mass is 9.81. The van der Waals surface area contributed by atoms with E-state index in [1.165, 1.54) is 0 Å². The summed E-state index contributed by atoms with van der Waals surface area (Å²) in [5, 5.41) is 31.9. The van der Waals surface area contributed by atoms with Gasteiger partial charge in [0.25, 0.3) is 0 Å². The van der Waals surface area contributed by atoms with Gasteiger partial charge < -0.3 is 10.1 Å². The van der Waals surface area contributed by atoms with Crippen molar-refractivity contribution in [2.45, 2.75) is 33.3 Å². The Morgan fingerprint density at radius 1 is 0.966 bits per heavy atom. The standard InChI is InChI=1S/C24H20N4O/c1-15-10-18(11-16(2)28-15)21(17-8-6-5-7-9-17)22-20(14-27)23(19(12-25)13-26)29-24(22,3)4/h5-11,28H,1-4H3. The summed E-state index contributed by atoms with van der Waals surface area (Å²) in [6.07, 6.45) is 4.04. The first-order chi connectivity index (χ1) is 13.8. The molecule has 3 rings (SSSR count). The Balaban J connectivity index is 2.47. The summed E-state index contributed by atoms with van der Waals surface area (Å²) >= 11 is 0. The third-order valence-electron chi connectivity index (χ3n) is 4.74. The third kappa shape index (κ3) is 3.57. The van der Waals surface area contributed by atoms with Crippen LogP contribution in [-0.4, -0.2) is 5.60 Å². The molecule has 1 N–H and O–H groups in total. The highest BCUT2D eigenvalue weighted by atomic mass is 16.5. The Kier molecular flexibility index (Phi) is 5.14. The van der Waals surface area contributed by atoms with E-state index in [1.807, 2.05) is 82.3 Å². The van der Waals surface area contributed by atoms with E-state index in [0.717, 1.165) is 28.1 Å². The molecular weight excluding hydrogens is 360 g/mol. The number of benzene rings is 1. The van der Waals surface area contributed by atoms with Gasteiger partial charge >= 0.3 is 0 Å². The highest BCUT2D eigenvalue weighted by Crippen LogP contribution is 2.47. The molecule has 0 amide bonds. The van der Waals surface area contributed by atoms with Crippen molar-refractivity contribution in [3.8, 4) is 18.2 Å². The van der Waals surface area contributed by atoms with Crippen LogP contribution in [0.3, 0.4) is 0 Å². The van der Waals surface area contributed by atoms with Gasteiger partial charge in [0, 0.05) is 17.0 Å². The fourth-order valence-corrected chi connectivity index (χ4v) is 3.70. The van der Waals surface area contributed by atoms with Gasteiger partial charge in [0.2, 0.25) is 0 Å². The molecule has 2 aliphatic rings. The Morgan fingerprint density at radius 2 is 1.55 bits per heavy atom. The Morgan fingerprint density at radius 3 is 2.07 bits per heavy atom. The molecule has 5 heteroatoms. The third-order valence-corrected chi connectivity index (χ3v) is 4.74. The van der Waals surface area contributed by atoms with Gasteiger partial charge in [0.15, 0.2) is 11.3 Å². The molecule has 142 valence electrons. The number of nitrogens with one attached hydrogen (secondary N) is 1. The molecule has 0 fully saturated rings. The van der Waals surface area contributed by atoms with Gasteiger partial charge in [-0.3, -0.25) is 0 Å². The van der Waals surface area contributed by atoms with E-state index in [4.69, 9.17) is 4.74 Å². The lowest BCUT2D eigenvalue weighted by molar-refractivity contribution is 0.0962. The summed E-state index contributed by atoms with van der Waals surface area (Å²) in [5.41, 5.74) is 4.44. The number of dihydropyridines is 1. The van der Waals surface area contributed by atoms with Gasteiger partial charge in [-0.15, -0.1) is 0 Å². The maximum atomic E-state index is 9.97. The van der Waals surface area contributed by atoms with Crippen molar-refractivity contribution in [2.75, 3.05) is 0 Å². The summed E-state index contributed by atoms with van der Waals surface area (Å²) in [6.45, 7) is 7.64. The van der Waals surface area contributed by atoms with E-state index in [0.29, 0.717) is 5.57 Å². The first-order valence-corrected chi connectivity index (χ1v) is 9.14. The zero-order chi connectivity index (χ0) is 21.2. The van der Waals surface area contributed by atoms with Crippen molar-refractivity contribution in [1.29, 1.82) is 15.8 Å². The van der Waals surface area contributed by atoms with Crippen molar-refractivity contribution in [2.24, 2.45) is 0 Å². The lowest BCUT2D eigenvalue weighted by Gasteiger charge is -2.27. The van der Waals surface area contributed by atoms with Gasteiger partial charge in [-0.2, -0.15) is 15.8 Å². The Hall–Kier alpha value is -4.01. The second kappa shape index (κ2) is 7.55. The zero-order valence-electron chi connectivity index (χ0n) is 16.8. The highest BCUT2D eigenvalue weighted by molar-refractivity contribution is 5.90. The molecule has 0 aliphatic carbocycles. The average molecular weight is 380 g/mol. The second-order valence-electron chi connectivity index (χ2n) is 7.38. The molecule has 5 nitrogen and oxygen atoms in total. The number of rotatable bonds is 2. The topological polar surface area (TPSA) is 92.6 Å². The molecule has 2 heterocycles. The predicted octanol–water partition coefficient (Wildman–Crippen LogP) is 4.78. The highest BCUT2D eigenvalue weighted by Gasteiger charge is 2.42. The summed E-state index contributed by atoms with van der Waals surface area (Å²) in [5.74, 6) is 0.0434. The first-order valence-electron chi connectivity index (χ1n) is 9.14. The summed E-state index contributed by atoms with van der Waals surface area (Å²) in [4.78, 5) is 0. The van der Waals surface area contributed by atoms with Crippen LogP contribution < -0.4 is 5.32 Å². The zero-order valence-corrected chi connectivity index (χ0v) is 16.8. The van der Waals surface area contributed by atoms with Crippen LogP contribution in [0.15, 0.2) is 81.9 Å². The van der Waals surface area contributed by atoms with Crippen LogP contribution >= 0.6 is 0 Å². The monoisotopic (exact) mass is 380 g/mol. The molecule has 29 heavy (non-hydrogen) atoms. The van der Waals surface area contributed by atoms with Gasteiger partial charge in [-0.25, -0.2) is 0 Å². The fourth-order valence-electron chi connectivity index (χ4n) is 3.70. The number of allylic oxidation sites excluding steroid dienone is 7. The summed E-state index contributed by atoms with van der Waals surface area (Å²) in [6, 6.07) is 15.6. The minimum atomic E-state index is -0.897. The van der Waals surface area contributed by atoms with Crippen molar-refractivity contribution in [3.63, 3.8) is 0 Å². The number of nitrogens with zero attached hydrogens (tertiary/aromatic N) is 3. The molecule has 0 unspecified atom stereocenters. The van der Waals surface area contributed by atoms with Crippen LogP contribution in [-0.2, 0) is 4.74 Å². The summed E-state index contributed by atoms with van der Waals surface area (Å²) < 4.78 is 6.00. The van der Waals surface area contributed by atoms with Crippen LogP contribution in [0, 0.1) is 34.0 Å². The SMILES string of the molecule is CC1=CC(=C(C2=C(C#N)C(=C(C#N)C#N)OC2(C)C)c2ccccc2)C=C(C)N1. The van der Waals surface area contributed by atoms with Crippen molar-refractivity contribution in [3.05, 3.63) is 87.5 Å². The molecule has 0 radical (unpaired) electrons. The van der Waals surface area contributed by atoms with Gasteiger partial charge in [0.05, 0.1) is 0 Å². The molecule has 2 aliphatic heterocycles. The van der Waals surface area contributed by atoms with Crippen molar-refractivity contribution in [1.82, 2.24) is 5.32 Å². The lowest BCUT2D eigenvalue weighted by Crippen LogP contribution is -2.24. The van der Waals surface area contributed by atoms with Gasteiger partial charge in [0.1, 0.15) is 29.4 Å². The summed E-state index contributed by atoms with van der Waals surface area (Å²) in [7, 11) is 0. The molecule has 0 aromatic heterocycles. The molecule has 0 spiro atoms. The quantitative estimate of drug-likeness (QED) is 0.745. The van der Waals surface area contributed by atoms with E-state index in [-0.39, 0.29) is 16.9 Å². The molecule has 0 atom stereocenters. The van der Waals surface area contributed by atoms with E-state index in [9.17, 15) is 15.8 Å². The maximum absolute atomic E-state index is 9.97. The fraction of sp³-hybridized carbons (Fsp3) is 0.208. The number of nitriles is 3.